The fourth-order valence-electron chi connectivity index (χ4n) is 3.50. The Morgan fingerprint density at radius 3 is 2.58 bits per heavy atom. The first-order valence-electron chi connectivity index (χ1n) is 7.47. The van der Waals surface area contributed by atoms with Crippen LogP contribution in [-0.4, -0.2) is 27.2 Å². The molecule has 1 fully saturated rings. The number of fused-ring (bicyclic) bond motifs is 2. The average Bonchev–Trinajstić information content (AvgIpc) is 2.83. The van der Waals surface area contributed by atoms with Crippen molar-refractivity contribution < 1.29 is 4.74 Å². The van der Waals surface area contributed by atoms with Crippen molar-refractivity contribution in [3.63, 3.8) is 0 Å². The van der Waals surface area contributed by atoms with E-state index in [9.17, 15) is 0 Å². The Bertz CT molecular complexity index is 460. The van der Waals surface area contributed by atoms with E-state index in [4.69, 9.17) is 4.74 Å². The van der Waals surface area contributed by atoms with E-state index < -0.39 is 0 Å². The topological polar surface area (TPSA) is 39.9 Å². The molecule has 2 aliphatic carbocycles. The van der Waals surface area contributed by atoms with Crippen molar-refractivity contribution in [2.75, 3.05) is 6.61 Å². The lowest BCUT2D eigenvalue weighted by Gasteiger charge is -2.19. The lowest BCUT2D eigenvalue weighted by atomic mass is 10.0. The summed E-state index contributed by atoms with van der Waals surface area (Å²) in [5.74, 6) is 2.50. The second-order valence-corrected chi connectivity index (χ2v) is 7.10. The summed E-state index contributed by atoms with van der Waals surface area (Å²) >= 11 is 0. The summed E-state index contributed by atoms with van der Waals surface area (Å²) in [7, 11) is 2.01. The van der Waals surface area contributed by atoms with Crippen LogP contribution in [0.2, 0.25) is 0 Å². The minimum absolute atomic E-state index is 0.00763. The lowest BCUT2D eigenvalue weighted by molar-refractivity contribution is -0.0122. The molecule has 3 rings (SSSR count). The van der Waals surface area contributed by atoms with E-state index >= 15 is 0 Å². The predicted octanol–water partition coefficient (Wildman–Crippen LogP) is 2.37. The van der Waals surface area contributed by atoms with E-state index in [1.165, 1.54) is 24.2 Å². The minimum atomic E-state index is -0.00763. The van der Waals surface area contributed by atoms with Crippen LogP contribution in [0.25, 0.3) is 0 Å². The average molecular weight is 263 g/mol. The molecule has 1 aromatic rings. The standard InChI is InChI=1S/C15H25N3O/c1-15(2,3)19-9-12-10-5-7-13-14(8-6-11(10)12)18(4)17-16-13/h10-12H,5-9H2,1-4H3/t10-,11+,12-/m0/s1. The lowest BCUT2D eigenvalue weighted by Crippen LogP contribution is -2.21. The highest BCUT2D eigenvalue weighted by atomic mass is 16.5. The van der Waals surface area contributed by atoms with Crippen molar-refractivity contribution in [1.29, 1.82) is 0 Å². The molecule has 1 heterocycles. The monoisotopic (exact) mass is 263 g/mol. The molecule has 0 N–H and O–H groups in total. The molecular formula is C15H25N3O. The van der Waals surface area contributed by atoms with Gasteiger partial charge in [0.1, 0.15) is 0 Å². The zero-order chi connectivity index (χ0) is 13.6. The third-order valence-electron chi connectivity index (χ3n) is 4.67. The van der Waals surface area contributed by atoms with Crippen LogP contribution in [0.5, 0.6) is 0 Å². The molecule has 19 heavy (non-hydrogen) atoms. The maximum absolute atomic E-state index is 5.98. The summed E-state index contributed by atoms with van der Waals surface area (Å²) in [5, 5.41) is 8.45. The van der Waals surface area contributed by atoms with Crippen molar-refractivity contribution in [3.05, 3.63) is 11.4 Å². The first kappa shape index (κ1) is 13.1. The van der Waals surface area contributed by atoms with Gasteiger partial charge < -0.3 is 4.74 Å². The van der Waals surface area contributed by atoms with E-state index in [2.05, 4.69) is 31.1 Å². The Balaban J connectivity index is 1.60. The maximum Gasteiger partial charge on any atom is 0.0859 e. The summed E-state index contributed by atoms with van der Waals surface area (Å²) in [5.41, 5.74) is 2.57. The highest BCUT2D eigenvalue weighted by molar-refractivity contribution is 5.14. The van der Waals surface area contributed by atoms with Gasteiger partial charge in [0.05, 0.1) is 23.6 Å². The Morgan fingerprint density at radius 1 is 1.21 bits per heavy atom. The van der Waals surface area contributed by atoms with Crippen LogP contribution in [0.3, 0.4) is 0 Å². The van der Waals surface area contributed by atoms with Gasteiger partial charge in [-0.3, -0.25) is 4.68 Å². The molecule has 0 radical (unpaired) electrons. The number of hydrogen-bond donors (Lipinski definition) is 0. The molecule has 4 heteroatoms. The van der Waals surface area contributed by atoms with Crippen molar-refractivity contribution in [2.45, 2.75) is 52.1 Å². The van der Waals surface area contributed by atoms with Gasteiger partial charge in [0.25, 0.3) is 0 Å². The highest BCUT2D eigenvalue weighted by Gasteiger charge is 2.50. The number of aromatic nitrogens is 3. The van der Waals surface area contributed by atoms with Gasteiger partial charge >= 0.3 is 0 Å². The molecule has 1 aromatic heterocycles. The Morgan fingerprint density at radius 2 is 1.89 bits per heavy atom. The fourth-order valence-corrected chi connectivity index (χ4v) is 3.50. The summed E-state index contributed by atoms with van der Waals surface area (Å²) < 4.78 is 7.93. The molecule has 0 bridgehead atoms. The molecular weight excluding hydrogens is 238 g/mol. The quantitative estimate of drug-likeness (QED) is 0.822. The van der Waals surface area contributed by atoms with Crippen molar-refractivity contribution in [2.24, 2.45) is 24.8 Å². The van der Waals surface area contributed by atoms with Gasteiger partial charge in [-0.15, -0.1) is 5.10 Å². The molecule has 0 spiro atoms. The molecule has 3 atom stereocenters. The van der Waals surface area contributed by atoms with Crippen LogP contribution in [0.15, 0.2) is 0 Å². The number of ether oxygens (including phenoxy) is 1. The van der Waals surface area contributed by atoms with E-state index in [1.807, 2.05) is 11.7 Å². The third-order valence-corrected chi connectivity index (χ3v) is 4.67. The largest absolute Gasteiger partial charge is 0.376 e. The van der Waals surface area contributed by atoms with Gasteiger partial charge in [-0.1, -0.05) is 5.21 Å². The molecule has 0 amide bonds. The SMILES string of the molecule is Cn1nnc2c1CC[C@@H]1[C@H](CC2)[C@@H]1COC(C)(C)C. The second kappa shape index (κ2) is 4.58. The molecule has 2 aliphatic rings. The van der Waals surface area contributed by atoms with Crippen molar-refractivity contribution >= 4 is 0 Å². The zero-order valence-corrected chi connectivity index (χ0v) is 12.5. The van der Waals surface area contributed by atoms with Crippen molar-refractivity contribution in [3.8, 4) is 0 Å². The summed E-state index contributed by atoms with van der Waals surface area (Å²) in [6, 6.07) is 0. The molecule has 1 saturated carbocycles. The maximum atomic E-state index is 5.98. The van der Waals surface area contributed by atoms with Gasteiger partial charge in [-0.2, -0.15) is 0 Å². The van der Waals surface area contributed by atoms with Gasteiger partial charge in [0.15, 0.2) is 0 Å². The Hall–Kier alpha value is -0.900. The van der Waals surface area contributed by atoms with Crippen LogP contribution in [0, 0.1) is 17.8 Å². The minimum Gasteiger partial charge on any atom is -0.376 e. The molecule has 0 aliphatic heterocycles. The van der Waals surface area contributed by atoms with Crippen LogP contribution < -0.4 is 0 Å². The smallest absolute Gasteiger partial charge is 0.0859 e. The summed E-state index contributed by atoms with van der Waals surface area (Å²) in [6.45, 7) is 7.36. The van der Waals surface area contributed by atoms with Gasteiger partial charge in [0, 0.05) is 7.05 Å². The molecule has 0 aromatic carbocycles. The van der Waals surface area contributed by atoms with Crippen LogP contribution >= 0.6 is 0 Å². The zero-order valence-electron chi connectivity index (χ0n) is 12.5. The molecule has 4 nitrogen and oxygen atoms in total. The Kier molecular flexibility index (Phi) is 3.16. The van der Waals surface area contributed by atoms with Crippen LogP contribution in [0.4, 0.5) is 0 Å². The van der Waals surface area contributed by atoms with E-state index in [-0.39, 0.29) is 5.60 Å². The third kappa shape index (κ3) is 2.69. The first-order chi connectivity index (χ1) is 8.96. The normalized spacial score (nSPS) is 30.2. The Labute approximate surface area is 115 Å². The fraction of sp³-hybridized carbons (Fsp3) is 0.867. The van der Waals surface area contributed by atoms with Crippen LogP contribution in [0.1, 0.15) is 45.0 Å². The number of rotatable bonds is 2. The number of nitrogens with zero attached hydrogens (tertiary/aromatic N) is 3. The number of hydrogen-bond acceptors (Lipinski definition) is 3. The van der Waals surface area contributed by atoms with Gasteiger partial charge in [-0.25, -0.2) is 0 Å². The van der Waals surface area contributed by atoms with Gasteiger partial charge in [0.2, 0.25) is 0 Å². The summed E-state index contributed by atoms with van der Waals surface area (Å²) in [4.78, 5) is 0. The van der Waals surface area contributed by atoms with Crippen LogP contribution in [-0.2, 0) is 24.6 Å². The highest BCUT2D eigenvalue weighted by Crippen LogP contribution is 2.53. The van der Waals surface area contributed by atoms with E-state index in [1.54, 1.807) is 0 Å². The molecule has 0 saturated heterocycles. The predicted molar refractivity (Wildman–Crippen MR) is 73.8 cm³/mol. The molecule has 106 valence electrons. The van der Waals surface area contributed by atoms with Crippen molar-refractivity contribution in [1.82, 2.24) is 15.0 Å². The van der Waals surface area contributed by atoms with E-state index in [0.29, 0.717) is 0 Å². The number of aryl methyl sites for hydroxylation is 2. The first-order valence-corrected chi connectivity index (χ1v) is 7.47. The summed E-state index contributed by atoms with van der Waals surface area (Å²) in [6.07, 6.45) is 4.76. The van der Waals surface area contributed by atoms with Gasteiger partial charge in [-0.05, 0) is 64.2 Å². The second-order valence-electron chi connectivity index (χ2n) is 7.10. The molecule has 0 unspecified atom stereocenters. The van der Waals surface area contributed by atoms with E-state index in [0.717, 1.165) is 37.2 Å².